The predicted molar refractivity (Wildman–Crippen MR) is 113 cm³/mol. The molecule has 1 heterocycles. The van der Waals surface area contributed by atoms with Gasteiger partial charge >= 0.3 is 6.09 Å². The van der Waals surface area contributed by atoms with Crippen molar-refractivity contribution in [3.63, 3.8) is 0 Å². The van der Waals surface area contributed by atoms with E-state index >= 15 is 0 Å². The van der Waals surface area contributed by atoms with Gasteiger partial charge < -0.3 is 29.5 Å². The molecular formula is C22H34N2O6. The predicted octanol–water partition coefficient (Wildman–Crippen LogP) is 2.72. The van der Waals surface area contributed by atoms with Crippen molar-refractivity contribution >= 4 is 12.0 Å². The number of aliphatic hydroxyl groups excluding tert-OH is 1. The highest BCUT2D eigenvalue weighted by molar-refractivity contribution is 5.81. The number of nitrogens with zero attached hydrogens (tertiary/aromatic N) is 1. The number of aliphatic hydroxyl groups is 1. The maximum atomic E-state index is 12.8. The van der Waals surface area contributed by atoms with Crippen molar-refractivity contribution in [3.05, 3.63) is 23.8 Å². The summed E-state index contributed by atoms with van der Waals surface area (Å²) in [6, 6.07) is 5.12. The third kappa shape index (κ3) is 6.79. The number of alkyl carbamates (subject to hydrolysis) is 1. The van der Waals surface area contributed by atoms with Crippen LogP contribution in [-0.4, -0.2) is 61.0 Å². The monoisotopic (exact) mass is 422 g/mol. The van der Waals surface area contributed by atoms with Crippen LogP contribution in [0.4, 0.5) is 4.79 Å². The van der Waals surface area contributed by atoms with Gasteiger partial charge in [0.15, 0.2) is 0 Å². The molecule has 168 valence electrons. The van der Waals surface area contributed by atoms with E-state index in [-0.39, 0.29) is 18.4 Å². The van der Waals surface area contributed by atoms with E-state index in [1.165, 1.54) is 0 Å². The van der Waals surface area contributed by atoms with Gasteiger partial charge in [0, 0.05) is 30.6 Å². The Bertz CT molecular complexity index is 731. The van der Waals surface area contributed by atoms with Gasteiger partial charge in [0.2, 0.25) is 5.91 Å². The fraction of sp³-hybridized carbons (Fsp3) is 0.636. The smallest absolute Gasteiger partial charge is 0.407 e. The first kappa shape index (κ1) is 23.8. The Morgan fingerprint density at radius 1 is 1.30 bits per heavy atom. The lowest BCUT2D eigenvalue weighted by molar-refractivity contribution is -0.131. The van der Waals surface area contributed by atoms with Crippen LogP contribution < -0.4 is 14.8 Å². The number of nitrogens with one attached hydrogen (secondary N) is 1. The second-order valence-corrected chi connectivity index (χ2v) is 8.53. The largest absolute Gasteiger partial charge is 0.497 e. The molecule has 2 atom stereocenters. The second kappa shape index (κ2) is 10.5. The summed E-state index contributed by atoms with van der Waals surface area (Å²) in [5.74, 6) is 1.35. The molecule has 0 bridgehead atoms. The highest BCUT2D eigenvalue weighted by Gasteiger charge is 2.32. The Kier molecular flexibility index (Phi) is 8.34. The summed E-state index contributed by atoms with van der Waals surface area (Å²) < 4.78 is 15.9. The van der Waals surface area contributed by atoms with E-state index < -0.39 is 17.7 Å². The molecule has 0 aromatic heterocycles. The summed E-state index contributed by atoms with van der Waals surface area (Å²) in [5.41, 5.74) is 0.321. The lowest BCUT2D eigenvalue weighted by Crippen LogP contribution is -2.41. The maximum absolute atomic E-state index is 12.8. The number of likely N-dealkylation sites (tertiary alicyclic amines) is 1. The molecule has 8 heteroatoms. The van der Waals surface area contributed by atoms with Crippen molar-refractivity contribution in [1.82, 2.24) is 10.2 Å². The fourth-order valence-electron chi connectivity index (χ4n) is 3.50. The van der Waals surface area contributed by atoms with E-state index in [2.05, 4.69) is 5.32 Å². The number of hydrogen-bond donors (Lipinski definition) is 2. The van der Waals surface area contributed by atoms with Crippen LogP contribution in [0.25, 0.3) is 0 Å². The third-order valence-corrected chi connectivity index (χ3v) is 5.07. The van der Waals surface area contributed by atoms with Crippen LogP contribution in [0, 0.1) is 5.92 Å². The van der Waals surface area contributed by atoms with E-state index in [1.54, 1.807) is 35.0 Å². The quantitative estimate of drug-likeness (QED) is 0.635. The molecule has 0 aliphatic carbocycles. The van der Waals surface area contributed by atoms with Crippen LogP contribution >= 0.6 is 0 Å². The Balaban J connectivity index is 1.88. The van der Waals surface area contributed by atoms with Crippen molar-refractivity contribution < 1.29 is 28.9 Å². The van der Waals surface area contributed by atoms with Gasteiger partial charge in [-0.15, -0.1) is 0 Å². The maximum Gasteiger partial charge on any atom is 0.407 e. The average Bonchev–Trinajstić information content (AvgIpc) is 3.03. The lowest BCUT2D eigenvalue weighted by Gasteiger charge is -2.23. The molecule has 1 aromatic rings. The first-order valence-corrected chi connectivity index (χ1v) is 10.3. The molecule has 2 rings (SSSR count). The molecular weight excluding hydrogens is 388 g/mol. The molecule has 0 radical (unpaired) electrons. The summed E-state index contributed by atoms with van der Waals surface area (Å²) in [7, 11) is 3.19. The van der Waals surface area contributed by atoms with Crippen LogP contribution in [-0.2, 0) is 16.1 Å². The number of ether oxygens (including phenoxy) is 3. The van der Waals surface area contributed by atoms with Crippen LogP contribution in [0.5, 0.6) is 11.5 Å². The molecule has 8 nitrogen and oxygen atoms in total. The van der Waals surface area contributed by atoms with Gasteiger partial charge in [-0.25, -0.2) is 4.79 Å². The number of benzene rings is 1. The zero-order chi connectivity index (χ0) is 22.3. The van der Waals surface area contributed by atoms with Crippen molar-refractivity contribution in [1.29, 1.82) is 0 Å². The van der Waals surface area contributed by atoms with Gasteiger partial charge in [-0.05, 0) is 52.2 Å². The highest BCUT2D eigenvalue weighted by atomic mass is 16.6. The first-order chi connectivity index (χ1) is 14.2. The zero-order valence-electron chi connectivity index (χ0n) is 18.6. The molecule has 1 aromatic carbocycles. The molecule has 30 heavy (non-hydrogen) atoms. The van der Waals surface area contributed by atoms with Gasteiger partial charge in [0.1, 0.15) is 17.1 Å². The van der Waals surface area contributed by atoms with Crippen molar-refractivity contribution in [2.45, 2.75) is 58.2 Å². The first-order valence-electron chi connectivity index (χ1n) is 10.3. The van der Waals surface area contributed by atoms with E-state index in [1.807, 2.05) is 23.1 Å². The number of carbonyl (C=O) groups is 2. The van der Waals surface area contributed by atoms with Crippen LogP contribution in [0.15, 0.2) is 18.2 Å². The third-order valence-electron chi connectivity index (χ3n) is 5.07. The minimum atomic E-state index is -0.603. The molecule has 0 spiro atoms. The molecule has 1 aliphatic rings. The zero-order valence-corrected chi connectivity index (χ0v) is 18.6. The van der Waals surface area contributed by atoms with E-state index in [9.17, 15) is 14.7 Å². The normalized spacial score (nSPS) is 17.6. The van der Waals surface area contributed by atoms with E-state index in [0.29, 0.717) is 37.4 Å². The Morgan fingerprint density at radius 2 is 2.03 bits per heavy atom. The van der Waals surface area contributed by atoms with Crippen LogP contribution in [0.2, 0.25) is 0 Å². The van der Waals surface area contributed by atoms with Crippen LogP contribution in [0.1, 0.15) is 45.6 Å². The molecule has 2 N–H and O–H groups in total. The van der Waals surface area contributed by atoms with Crippen LogP contribution in [0.3, 0.4) is 0 Å². The summed E-state index contributed by atoms with van der Waals surface area (Å²) in [6.45, 7) is 6.29. The summed E-state index contributed by atoms with van der Waals surface area (Å²) in [5, 5.41) is 12.2. The summed E-state index contributed by atoms with van der Waals surface area (Å²) in [4.78, 5) is 26.6. The number of rotatable bonds is 9. The number of amides is 2. The van der Waals surface area contributed by atoms with Gasteiger partial charge in [0.05, 0.1) is 26.9 Å². The van der Waals surface area contributed by atoms with E-state index in [0.717, 1.165) is 12.0 Å². The lowest BCUT2D eigenvalue weighted by atomic mass is 9.99. The van der Waals surface area contributed by atoms with Crippen molar-refractivity contribution in [2.75, 3.05) is 27.4 Å². The standard InChI is InChI=1S/C22H34N2O6/c1-22(2,3)30-21(27)23-17(14-25)8-6-15-10-11-24(20(15)26)13-16-7-9-18(28-4)12-19(16)29-5/h7,9,12,15,17,25H,6,8,10-11,13-14H2,1-5H3,(H,23,27)/t15-,17-/m0/s1. The number of carbonyl (C=O) groups excluding carboxylic acids is 2. The Labute approximate surface area is 178 Å². The topological polar surface area (TPSA) is 97.3 Å². The molecule has 2 amide bonds. The van der Waals surface area contributed by atoms with Crippen molar-refractivity contribution in [2.24, 2.45) is 5.92 Å². The Morgan fingerprint density at radius 3 is 2.63 bits per heavy atom. The van der Waals surface area contributed by atoms with Gasteiger partial charge in [-0.3, -0.25) is 4.79 Å². The molecule has 0 unspecified atom stereocenters. The highest BCUT2D eigenvalue weighted by Crippen LogP contribution is 2.29. The molecule has 1 fully saturated rings. The van der Waals surface area contributed by atoms with Gasteiger partial charge in [0.25, 0.3) is 0 Å². The van der Waals surface area contributed by atoms with E-state index in [4.69, 9.17) is 14.2 Å². The molecule has 1 saturated heterocycles. The molecule has 1 aliphatic heterocycles. The molecule has 0 saturated carbocycles. The second-order valence-electron chi connectivity index (χ2n) is 8.53. The minimum absolute atomic E-state index is 0.0850. The van der Waals surface area contributed by atoms with Gasteiger partial charge in [-0.2, -0.15) is 0 Å². The fourth-order valence-corrected chi connectivity index (χ4v) is 3.50. The average molecular weight is 423 g/mol. The number of methoxy groups -OCH3 is 2. The van der Waals surface area contributed by atoms with Crippen molar-refractivity contribution in [3.8, 4) is 11.5 Å². The number of hydrogen-bond acceptors (Lipinski definition) is 6. The Hall–Kier alpha value is -2.48. The summed E-state index contributed by atoms with van der Waals surface area (Å²) in [6.07, 6.45) is 1.29. The minimum Gasteiger partial charge on any atom is -0.497 e. The van der Waals surface area contributed by atoms with Gasteiger partial charge in [-0.1, -0.05) is 0 Å². The summed E-state index contributed by atoms with van der Waals surface area (Å²) >= 11 is 0. The SMILES string of the molecule is COc1ccc(CN2CC[C@H](CC[C@@H](CO)NC(=O)OC(C)(C)C)C2=O)c(OC)c1.